The smallest absolute Gasteiger partial charge is 0.416 e. The van der Waals surface area contributed by atoms with Gasteiger partial charge in [-0.3, -0.25) is 0 Å². The minimum atomic E-state index is -4.29. The third-order valence-corrected chi connectivity index (χ3v) is 2.49. The Morgan fingerprint density at radius 2 is 1.94 bits per heavy atom. The highest BCUT2D eigenvalue weighted by molar-refractivity contribution is 5.73. The van der Waals surface area contributed by atoms with Crippen LogP contribution in [0, 0.1) is 0 Å². The van der Waals surface area contributed by atoms with E-state index in [-0.39, 0.29) is 12.1 Å². The molecular formula is C11H11F3N2O. The lowest BCUT2D eigenvalue weighted by molar-refractivity contribution is -0.137. The van der Waals surface area contributed by atoms with Crippen LogP contribution in [0.3, 0.4) is 0 Å². The number of ether oxygens (including phenoxy) is 1. The Bertz CT molecular complexity index is 425. The standard InChI is InChI=1S/C11H11F3N2O/c12-11(13,14)8-3-1-7(2-4-8)5-9-6-17-10(15)16-9/h1-4,9H,5-6H2,(H2,15,16)/t9-/m0/s1. The van der Waals surface area contributed by atoms with Crippen molar-refractivity contribution in [2.75, 3.05) is 6.61 Å². The van der Waals surface area contributed by atoms with E-state index >= 15 is 0 Å². The molecule has 1 aromatic carbocycles. The van der Waals surface area contributed by atoms with Crippen LogP contribution in [0.4, 0.5) is 13.2 Å². The highest BCUT2D eigenvalue weighted by Crippen LogP contribution is 2.29. The molecule has 92 valence electrons. The number of hydrogen-bond acceptors (Lipinski definition) is 3. The van der Waals surface area contributed by atoms with Crippen LogP contribution in [0.25, 0.3) is 0 Å². The van der Waals surface area contributed by atoms with Crippen LogP contribution in [-0.4, -0.2) is 18.7 Å². The summed E-state index contributed by atoms with van der Waals surface area (Å²) in [5.41, 5.74) is 5.48. The van der Waals surface area contributed by atoms with E-state index < -0.39 is 11.7 Å². The molecule has 3 nitrogen and oxygen atoms in total. The van der Waals surface area contributed by atoms with Crippen molar-refractivity contribution in [2.24, 2.45) is 10.7 Å². The Morgan fingerprint density at radius 1 is 1.29 bits per heavy atom. The Kier molecular flexibility index (Phi) is 2.95. The zero-order valence-electron chi connectivity index (χ0n) is 8.87. The number of alkyl halides is 3. The molecule has 0 unspecified atom stereocenters. The van der Waals surface area contributed by atoms with Gasteiger partial charge in [0.2, 0.25) is 0 Å². The van der Waals surface area contributed by atoms with Crippen LogP contribution < -0.4 is 5.73 Å². The van der Waals surface area contributed by atoms with Crippen LogP contribution in [-0.2, 0) is 17.3 Å². The van der Waals surface area contributed by atoms with Gasteiger partial charge in [-0.1, -0.05) is 12.1 Å². The number of benzene rings is 1. The Balaban J connectivity index is 2.04. The summed E-state index contributed by atoms with van der Waals surface area (Å²) < 4.78 is 41.9. The highest BCUT2D eigenvalue weighted by atomic mass is 19.4. The first-order chi connectivity index (χ1) is 7.95. The maximum Gasteiger partial charge on any atom is 0.416 e. The first-order valence-corrected chi connectivity index (χ1v) is 5.07. The van der Waals surface area contributed by atoms with E-state index in [2.05, 4.69) is 4.99 Å². The molecule has 1 aliphatic rings. The van der Waals surface area contributed by atoms with Crippen molar-refractivity contribution in [1.29, 1.82) is 0 Å². The number of nitrogens with two attached hydrogens (primary N) is 1. The third-order valence-electron chi connectivity index (χ3n) is 2.49. The van der Waals surface area contributed by atoms with Crippen molar-refractivity contribution in [2.45, 2.75) is 18.6 Å². The topological polar surface area (TPSA) is 47.6 Å². The van der Waals surface area contributed by atoms with Crippen molar-refractivity contribution < 1.29 is 17.9 Å². The average Bonchev–Trinajstić information content (AvgIpc) is 2.63. The lowest BCUT2D eigenvalue weighted by Gasteiger charge is -2.08. The summed E-state index contributed by atoms with van der Waals surface area (Å²) in [6.07, 6.45) is -3.77. The molecule has 0 aliphatic carbocycles. The predicted octanol–water partition coefficient (Wildman–Crippen LogP) is 1.96. The van der Waals surface area contributed by atoms with E-state index in [0.717, 1.165) is 17.7 Å². The Labute approximate surface area is 96.1 Å². The summed E-state index contributed by atoms with van der Waals surface area (Å²) in [5, 5.41) is 0. The lowest BCUT2D eigenvalue weighted by atomic mass is 10.1. The summed E-state index contributed by atoms with van der Waals surface area (Å²) in [4.78, 5) is 4.00. The second-order valence-electron chi connectivity index (χ2n) is 3.83. The molecule has 1 atom stereocenters. The number of halogens is 3. The maximum atomic E-state index is 12.3. The van der Waals surface area contributed by atoms with Gasteiger partial charge >= 0.3 is 6.18 Å². The first-order valence-electron chi connectivity index (χ1n) is 5.07. The Morgan fingerprint density at radius 3 is 2.41 bits per heavy atom. The van der Waals surface area contributed by atoms with E-state index in [4.69, 9.17) is 10.5 Å². The lowest BCUT2D eigenvalue weighted by Crippen LogP contribution is -2.11. The molecule has 17 heavy (non-hydrogen) atoms. The number of aliphatic imine (C=N–C) groups is 1. The molecule has 0 saturated heterocycles. The molecule has 0 fully saturated rings. The average molecular weight is 244 g/mol. The van der Waals surface area contributed by atoms with E-state index in [9.17, 15) is 13.2 Å². The van der Waals surface area contributed by atoms with E-state index in [1.807, 2.05) is 0 Å². The second-order valence-corrected chi connectivity index (χ2v) is 3.83. The molecule has 0 bridgehead atoms. The number of rotatable bonds is 2. The van der Waals surface area contributed by atoms with E-state index in [0.29, 0.717) is 13.0 Å². The molecule has 1 aromatic rings. The monoisotopic (exact) mass is 244 g/mol. The first kappa shape index (κ1) is 11.8. The van der Waals surface area contributed by atoms with Gasteiger partial charge in [0.25, 0.3) is 6.02 Å². The summed E-state index contributed by atoms with van der Waals surface area (Å²) >= 11 is 0. The van der Waals surface area contributed by atoms with Gasteiger partial charge in [0.1, 0.15) is 6.61 Å². The van der Waals surface area contributed by atoms with Gasteiger partial charge in [-0.15, -0.1) is 0 Å². The van der Waals surface area contributed by atoms with Crippen LogP contribution in [0.5, 0.6) is 0 Å². The number of amidine groups is 1. The predicted molar refractivity (Wildman–Crippen MR) is 56.5 cm³/mol. The van der Waals surface area contributed by atoms with Crippen LogP contribution in [0.1, 0.15) is 11.1 Å². The molecule has 2 N–H and O–H groups in total. The van der Waals surface area contributed by atoms with Crippen molar-refractivity contribution in [1.82, 2.24) is 0 Å². The van der Waals surface area contributed by atoms with Crippen LogP contribution in [0.2, 0.25) is 0 Å². The van der Waals surface area contributed by atoms with Crippen molar-refractivity contribution in [3.8, 4) is 0 Å². The molecule has 0 spiro atoms. The zero-order valence-corrected chi connectivity index (χ0v) is 8.87. The SMILES string of the molecule is NC1=N[C@@H](Cc2ccc(C(F)(F)F)cc2)CO1. The quantitative estimate of drug-likeness (QED) is 0.864. The minimum Gasteiger partial charge on any atom is -0.463 e. The van der Waals surface area contributed by atoms with Gasteiger partial charge < -0.3 is 10.5 Å². The molecule has 0 amide bonds. The second kappa shape index (κ2) is 4.27. The molecule has 1 aliphatic heterocycles. The molecule has 0 aromatic heterocycles. The zero-order chi connectivity index (χ0) is 12.5. The number of nitrogens with zero attached hydrogens (tertiary/aromatic N) is 1. The fourth-order valence-electron chi connectivity index (χ4n) is 1.64. The largest absolute Gasteiger partial charge is 0.463 e. The van der Waals surface area contributed by atoms with Crippen molar-refractivity contribution in [3.63, 3.8) is 0 Å². The summed E-state index contributed by atoms with van der Waals surface area (Å²) in [6.45, 7) is 0.382. The van der Waals surface area contributed by atoms with Crippen LogP contribution >= 0.6 is 0 Å². The molecular weight excluding hydrogens is 233 g/mol. The highest BCUT2D eigenvalue weighted by Gasteiger charge is 2.30. The molecule has 0 saturated carbocycles. The van der Waals surface area contributed by atoms with Gasteiger partial charge in [0, 0.05) is 0 Å². The molecule has 1 heterocycles. The van der Waals surface area contributed by atoms with Gasteiger partial charge in [-0.25, -0.2) is 4.99 Å². The van der Waals surface area contributed by atoms with Crippen LogP contribution in [0.15, 0.2) is 29.3 Å². The van der Waals surface area contributed by atoms with Crippen molar-refractivity contribution in [3.05, 3.63) is 35.4 Å². The number of hydrogen-bond donors (Lipinski definition) is 1. The molecule has 6 heteroatoms. The summed E-state index contributed by atoms with van der Waals surface area (Å²) in [5.74, 6) is 0. The normalized spacial score (nSPS) is 19.9. The minimum absolute atomic E-state index is 0.105. The van der Waals surface area contributed by atoms with Gasteiger partial charge in [-0.05, 0) is 24.1 Å². The van der Waals surface area contributed by atoms with Gasteiger partial charge in [-0.2, -0.15) is 13.2 Å². The molecule has 2 rings (SSSR count). The van der Waals surface area contributed by atoms with Crippen molar-refractivity contribution >= 4 is 6.02 Å². The molecule has 0 radical (unpaired) electrons. The van der Waals surface area contributed by atoms with Gasteiger partial charge in [0.05, 0.1) is 11.6 Å². The Hall–Kier alpha value is -1.72. The fraction of sp³-hybridized carbons (Fsp3) is 0.364. The fourth-order valence-corrected chi connectivity index (χ4v) is 1.64. The third kappa shape index (κ3) is 2.89. The van der Waals surface area contributed by atoms with E-state index in [1.165, 1.54) is 12.1 Å². The van der Waals surface area contributed by atoms with Gasteiger partial charge in [0.15, 0.2) is 0 Å². The maximum absolute atomic E-state index is 12.3. The summed E-state index contributed by atoms with van der Waals surface area (Å²) in [6, 6.07) is 5.07. The van der Waals surface area contributed by atoms with E-state index in [1.54, 1.807) is 0 Å². The summed E-state index contributed by atoms with van der Waals surface area (Å²) in [7, 11) is 0.